The number of halogens is 2. The fourth-order valence-electron chi connectivity index (χ4n) is 3.68. The monoisotopic (exact) mass is 512 g/mol. The maximum absolute atomic E-state index is 13.8. The molecule has 34 heavy (non-hydrogen) atoms. The maximum atomic E-state index is 13.8. The van der Waals surface area contributed by atoms with E-state index >= 15 is 0 Å². The highest BCUT2D eigenvalue weighted by molar-refractivity contribution is 7.80. The van der Waals surface area contributed by atoms with E-state index in [2.05, 4.69) is 17.9 Å². The number of benzene rings is 3. The summed E-state index contributed by atoms with van der Waals surface area (Å²) < 4.78 is 0. The zero-order valence-corrected chi connectivity index (χ0v) is 20.4. The summed E-state index contributed by atoms with van der Waals surface area (Å²) in [5, 5.41) is 3.74. The Morgan fingerprint density at radius 3 is 2.50 bits per heavy atom. The van der Waals surface area contributed by atoms with Crippen molar-refractivity contribution in [2.24, 2.45) is 10.7 Å². The van der Waals surface area contributed by atoms with Crippen LogP contribution in [0.2, 0.25) is 10.0 Å². The Morgan fingerprint density at radius 1 is 1.06 bits per heavy atom. The lowest BCUT2D eigenvalue weighted by molar-refractivity contribution is -0.127. The molecule has 0 aromatic heterocycles. The van der Waals surface area contributed by atoms with Crippen molar-refractivity contribution in [3.05, 3.63) is 99.5 Å². The number of hydrogen-bond donors (Lipinski definition) is 3. The fourth-order valence-corrected chi connectivity index (χ4v) is 4.23. The summed E-state index contributed by atoms with van der Waals surface area (Å²) in [5.74, 6) is -0.797. The Balaban J connectivity index is 1.87. The molecule has 4 rings (SSSR count). The topological polar surface area (TPSA) is 87.8 Å². The predicted molar refractivity (Wildman–Crippen MR) is 140 cm³/mol. The van der Waals surface area contributed by atoms with E-state index in [0.717, 1.165) is 11.1 Å². The highest BCUT2D eigenvalue weighted by atomic mass is 35.5. The smallest absolute Gasteiger partial charge is 0.272 e. The number of nitrogens with two attached hydrogens (primary N) is 1. The number of nitrogens with zero attached hydrogens (tertiary/aromatic N) is 2. The molecule has 0 aliphatic carbocycles. The fraction of sp³-hybridized carbons (Fsp3) is 0.160. The maximum Gasteiger partial charge on any atom is 0.272 e. The average molecular weight is 513 g/mol. The molecular formula is C25H22Cl2N4O2S. The van der Waals surface area contributed by atoms with Crippen LogP contribution >= 0.6 is 35.8 Å². The number of carbonyl (C=O) groups excluding carboxylic acids is 2. The van der Waals surface area contributed by atoms with Crippen molar-refractivity contribution >= 4 is 59.0 Å². The van der Waals surface area contributed by atoms with Crippen LogP contribution in [0.4, 0.5) is 5.69 Å². The second-order valence-corrected chi connectivity index (χ2v) is 9.00. The molecular weight excluding hydrogens is 491 g/mol. The third-order valence-corrected chi connectivity index (χ3v) is 6.22. The minimum absolute atomic E-state index is 0.129. The van der Waals surface area contributed by atoms with Crippen molar-refractivity contribution in [3.8, 4) is 0 Å². The van der Waals surface area contributed by atoms with Gasteiger partial charge in [-0.1, -0.05) is 65.7 Å². The van der Waals surface area contributed by atoms with Crippen LogP contribution in [0, 0.1) is 0 Å². The van der Waals surface area contributed by atoms with Gasteiger partial charge >= 0.3 is 0 Å². The van der Waals surface area contributed by atoms with Crippen LogP contribution in [-0.4, -0.2) is 35.5 Å². The molecule has 3 aromatic rings. The normalized spacial score (nSPS) is 16.4. The molecule has 0 fully saturated rings. The molecule has 9 heteroatoms. The number of fused-ring (bicyclic) bond motifs is 1. The second-order valence-electron chi connectivity index (χ2n) is 7.76. The number of aliphatic imine (C=N–C) groups is 1. The molecule has 174 valence electrons. The number of hydrogen-bond acceptors (Lipinski definition) is 5. The molecule has 0 bridgehead atoms. The van der Waals surface area contributed by atoms with Crippen LogP contribution < -0.4 is 16.0 Å². The first-order valence-corrected chi connectivity index (χ1v) is 11.9. The summed E-state index contributed by atoms with van der Waals surface area (Å²) in [7, 11) is 0. The van der Waals surface area contributed by atoms with Gasteiger partial charge in [-0.2, -0.15) is 12.6 Å². The van der Waals surface area contributed by atoms with Crippen molar-refractivity contribution in [1.29, 1.82) is 0 Å². The Labute approximate surface area is 213 Å². The van der Waals surface area contributed by atoms with E-state index in [1.54, 1.807) is 35.2 Å². The van der Waals surface area contributed by atoms with Gasteiger partial charge in [0, 0.05) is 26.9 Å². The van der Waals surface area contributed by atoms with Gasteiger partial charge in [0.2, 0.25) is 12.1 Å². The van der Waals surface area contributed by atoms with Crippen molar-refractivity contribution in [2.45, 2.75) is 18.8 Å². The van der Waals surface area contributed by atoms with Crippen LogP contribution in [0.5, 0.6) is 0 Å². The average Bonchev–Trinajstić information content (AvgIpc) is 2.94. The van der Waals surface area contributed by atoms with Gasteiger partial charge in [-0.3, -0.25) is 9.59 Å². The molecule has 1 aliphatic heterocycles. The van der Waals surface area contributed by atoms with Gasteiger partial charge in [0.25, 0.3) is 5.91 Å². The number of thiol groups is 1. The minimum Gasteiger partial charge on any atom is -0.325 e. The first-order chi connectivity index (χ1) is 16.4. The third-order valence-electron chi connectivity index (χ3n) is 5.35. The van der Waals surface area contributed by atoms with Crippen molar-refractivity contribution < 1.29 is 9.59 Å². The summed E-state index contributed by atoms with van der Waals surface area (Å²) in [4.78, 5) is 32.7. The molecule has 0 spiro atoms. The largest absolute Gasteiger partial charge is 0.325 e. The molecule has 6 nitrogen and oxygen atoms in total. The van der Waals surface area contributed by atoms with Crippen molar-refractivity contribution in [1.82, 2.24) is 5.32 Å². The lowest BCUT2D eigenvalue weighted by Crippen LogP contribution is -2.52. The number of nitrogens with one attached hydrogen (secondary N) is 1. The molecule has 2 atom stereocenters. The second kappa shape index (κ2) is 10.6. The molecule has 1 heterocycles. The zero-order valence-electron chi connectivity index (χ0n) is 18.0. The number of rotatable bonds is 6. The van der Waals surface area contributed by atoms with E-state index in [1.165, 1.54) is 0 Å². The molecule has 0 saturated carbocycles. The zero-order chi connectivity index (χ0) is 24.2. The van der Waals surface area contributed by atoms with Gasteiger partial charge < -0.3 is 16.0 Å². The quantitative estimate of drug-likeness (QED) is 0.435. The SMILES string of the molecule is N[C@@H](CS)C(=O)NC1N=C(c2ccccc2)c2cc(Cl)ccc2N(Cc2cccc(Cl)c2)C1=O. The van der Waals surface area contributed by atoms with E-state index in [9.17, 15) is 9.59 Å². The van der Waals surface area contributed by atoms with Gasteiger partial charge in [-0.05, 0) is 35.9 Å². The lowest BCUT2D eigenvalue weighted by Gasteiger charge is -2.26. The van der Waals surface area contributed by atoms with Gasteiger partial charge in [0.15, 0.2) is 0 Å². The summed E-state index contributed by atoms with van der Waals surface area (Å²) in [5.41, 5.74) is 9.27. The highest BCUT2D eigenvalue weighted by Gasteiger charge is 2.34. The van der Waals surface area contributed by atoms with E-state index in [1.807, 2.05) is 42.5 Å². The Kier molecular flexibility index (Phi) is 7.58. The van der Waals surface area contributed by atoms with Crippen LogP contribution in [0.1, 0.15) is 16.7 Å². The van der Waals surface area contributed by atoms with Crippen LogP contribution in [0.15, 0.2) is 77.8 Å². The van der Waals surface area contributed by atoms with Crippen molar-refractivity contribution in [2.75, 3.05) is 10.7 Å². The summed E-state index contributed by atoms with van der Waals surface area (Å²) in [6.07, 6.45) is -1.20. The number of anilines is 1. The van der Waals surface area contributed by atoms with Crippen molar-refractivity contribution in [3.63, 3.8) is 0 Å². The van der Waals surface area contributed by atoms with Gasteiger partial charge in [0.1, 0.15) is 0 Å². The van der Waals surface area contributed by atoms with E-state index in [4.69, 9.17) is 33.9 Å². The van der Waals surface area contributed by atoms with E-state index in [-0.39, 0.29) is 12.3 Å². The molecule has 0 radical (unpaired) electrons. The Bertz CT molecular complexity index is 1250. The summed E-state index contributed by atoms with van der Waals surface area (Å²) in [6.45, 7) is 0.219. The third kappa shape index (κ3) is 5.28. The predicted octanol–water partition coefficient (Wildman–Crippen LogP) is 4.08. The molecule has 1 aliphatic rings. The standard InChI is InChI=1S/C25H22Cl2N4O2S/c26-17-8-4-5-15(11-17)13-31-21-10-9-18(27)12-19(21)22(16-6-2-1-3-7-16)29-23(25(31)33)30-24(32)20(28)14-34/h1-12,20,23,34H,13-14,28H2,(H,30,32)/t20-,23?/m0/s1. The first kappa shape index (κ1) is 24.3. The molecule has 0 saturated heterocycles. The molecule has 2 amide bonds. The van der Waals surface area contributed by atoms with Gasteiger partial charge in [-0.15, -0.1) is 0 Å². The van der Waals surface area contributed by atoms with Gasteiger partial charge in [0.05, 0.1) is 24.0 Å². The number of carbonyl (C=O) groups is 2. The number of amides is 2. The Morgan fingerprint density at radius 2 is 1.79 bits per heavy atom. The van der Waals surface area contributed by atoms with E-state index < -0.39 is 24.0 Å². The summed E-state index contributed by atoms with van der Waals surface area (Å²) in [6, 6.07) is 21.1. The highest BCUT2D eigenvalue weighted by Crippen LogP contribution is 2.32. The molecule has 1 unspecified atom stereocenters. The van der Waals surface area contributed by atoms with Crippen LogP contribution in [0.25, 0.3) is 0 Å². The number of benzodiazepines with no additional fused rings is 1. The van der Waals surface area contributed by atoms with Crippen LogP contribution in [-0.2, 0) is 16.1 Å². The summed E-state index contributed by atoms with van der Waals surface area (Å²) >= 11 is 16.6. The van der Waals surface area contributed by atoms with E-state index in [0.29, 0.717) is 27.0 Å². The lowest BCUT2D eigenvalue weighted by atomic mass is 10.00. The Hall–Kier alpha value is -2.84. The van der Waals surface area contributed by atoms with Gasteiger partial charge in [-0.25, -0.2) is 4.99 Å². The van der Waals surface area contributed by atoms with Crippen LogP contribution in [0.3, 0.4) is 0 Å². The molecule has 3 aromatic carbocycles. The molecule has 3 N–H and O–H groups in total. The first-order valence-electron chi connectivity index (χ1n) is 10.5. The minimum atomic E-state index is -1.20.